The molecule has 4 unspecified atom stereocenters. The number of methoxy groups -OCH3 is 2. The molecule has 0 bridgehead atoms. The fourth-order valence-corrected chi connectivity index (χ4v) is 13.6. The number of carbonyl (C=O) groups is 3. The Morgan fingerprint density at radius 2 is 0.905 bits per heavy atom. The Morgan fingerprint density at radius 1 is 0.500 bits per heavy atom. The summed E-state index contributed by atoms with van der Waals surface area (Å²) >= 11 is 0. The smallest absolute Gasteiger partial charge is 0.494 e. The van der Waals surface area contributed by atoms with Gasteiger partial charge in [-0.05, 0) is 130 Å². The molecule has 3 aromatic carbocycles. The first kappa shape index (κ1) is 80.7. The number of nitriles is 4. The minimum absolute atomic E-state index is 0.00205. The van der Waals surface area contributed by atoms with Crippen molar-refractivity contribution in [1.29, 1.82) is 21.0 Å². The minimum atomic E-state index is -0.585. The first-order valence-corrected chi connectivity index (χ1v) is 36.8. The fourth-order valence-electron chi connectivity index (χ4n) is 13.6. The van der Waals surface area contributed by atoms with E-state index in [1.807, 2.05) is 83.2 Å². The third-order valence-corrected chi connectivity index (χ3v) is 21.0. The lowest BCUT2D eigenvalue weighted by atomic mass is 9.78. The number of benzene rings is 3. The van der Waals surface area contributed by atoms with Gasteiger partial charge in [0.15, 0.2) is 34.0 Å². The number of aryl methyl sites for hydroxylation is 1. The number of nitrogens with one attached hydrogen (secondary N) is 1. The van der Waals surface area contributed by atoms with E-state index >= 15 is 0 Å². The molecule has 0 radical (unpaired) electrons. The quantitative estimate of drug-likeness (QED) is 0.101. The summed E-state index contributed by atoms with van der Waals surface area (Å²) in [5, 5.41) is 40.5. The molecule has 588 valence electrons. The Bertz CT molecular complexity index is 5960. The molecule has 27 nitrogen and oxygen atoms in total. The van der Waals surface area contributed by atoms with Crippen LogP contribution in [0.3, 0.4) is 0 Å². The molecule has 5 fully saturated rings. The number of anilines is 1. The van der Waals surface area contributed by atoms with Crippen LogP contribution in [0.2, 0.25) is 0 Å². The number of halogens is 2. The second-order valence-electron chi connectivity index (χ2n) is 29.8. The van der Waals surface area contributed by atoms with E-state index in [4.69, 9.17) is 63.0 Å². The summed E-state index contributed by atoms with van der Waals surface area (Å²) in [5.74, 6) is 3.15. The van der Waals surface area contributed by atoms with Crippen LogP contribution in [0.25, 0.3) is 89.9 Å². The van der Waals surface area contributed by atoms with Gasteiger partial charge in [0.25, 0.3) is 17.7 Å². The minimum Gasteiger partial charge on any atom is -0.494 e. The number of rotatable bonds is 13. The van der Waals surface area contributed by atoms with Crippen LogP contribution in [0.5, 0.6) is 11.5 Å². The molecule has 3 N–H and O–H groups in total. The Morgan fingerprint density at radius 3 is 1.35 bits per heavy atom. The van der Waals surface area contributed by atoms with Gasteiger partial charge in [-0.25, -0.2) is 18.7 Å². The van der Waals surface area contributed by atoms with Crippen LogP contribution in [-0.2, 0) is 18.8 Å². The summed E-state index contributed by atoms with van der Waals surface area (Å²) in [7, 11) is 12.5. The number of ether oxygens (including phenoxy) is 4. The summed E-state index contributed by atoms with van der Waals surface area (Å²) in [6.07, 6.45) is 9.38. The van der Waals surface area contributed by atoms with Crippen molar-refractivity contribution in [2.75, 3.05) is 88.2 Å². The number of hydrogen-bond acceptors (Lipinski definition) is 24. The van der Waals surface area contributed by atoms with Gasteiger partial charge in [-0.15, -0.1) is 0 Å². The zero-order valence-electron chi connectivity index (χ0n) is 65.8. The van der Waals surface area contributed by atoms with Crippen molar-refractivity contribution in [2.24, 2.45) is 29.4 Å². The topological polar surface area (TPSA) is 366 Å². The third kappa shape index (κ3) is 16.6. The highest BCUT2D eigenvalue weighted by atomic mass is 19.1. The maximum atomic E-state index is 13.7. The van der Waals surface area contributed by atoms with Crippen molar-refractivity contribution in [1.82, 2.24) is 44.6 Å². The monoisotopic (exact) mass is 1560 g/mol. The summed E-state index contributed by atoms with van der Waals surface area (Å²) in [5.41, 5.74) is 17.1. The number of hydrogen-bond donors (Lipinski definition) is 2. The maximum absolute atomic E-state index is 13.7. The number of amides is 3. The highest BCUT2D eigenvalue weighted by molar-refractivity contribution is 6.62. The van der Waals surface area contributed by atoms with Crippen LogP contribution in [0, 0.1) is 87.6 Å². The molecule has 3 amide bonds. The summed E-state index contributed by atoms with van der Waals surface area (Å²) in [4.78, 5) is 67.2. The van der Waals surface area contributed by atoms with Gasteiger partial charge in [-0.1, -0.05) is 18.2 Å². The van der Waals surface area contributed by atoms with Gasteiger partial charge in [0.2, 0.25) is 0 Å². The predicted molar refractivity (Wildman–Crippen MR) is 426 cm³/mol. The average Bonchev–Trinajstić information content (AvgIpc) is 1.59. The van der Waals surface area contributed by atoms with Crippen LogP contribution in [0.15, 0.2) is 160 Å². The number of pyridine rings is 6. The van der Waals surface area contributed by atoms with Crippen molar-refractivity contribution in [3.63, 3.8) is 0 Å². The van der Waals surface area contributed by atoms with Gasteiger partial charge in [0, 0.05) is 145 Å². The Balaban J connectivity index is 0.000000134. The van der Waals surface area contributed by atoms with E-state index < -0.39 is 30.0 Å². The molecule has 2 saturated carbocycles. The van der Waals surface area contributed by atoms with Gasteiger partial charge >= 0.3 is 7.12 Å². The van der Waals surface area contributed by atoms with Gasteiger partial charge in [-0.3, -0.25) is 34.3 Å². The molecular weight excluding hydrogens is 1480 g/mol. The molecule has 12 heterocycles. The van der Waals surface area contributed by atoms with Crippen LogP contribution >= 0.6 is 0 Å². The van der Waals surface area contributed by atoms with Crippen molar-refractivity contribution < 1.29 is 64.7 Å². The molecule has 12 aromatic rings. The van der Waals surface area contributed by atoms with Crippen molar-refractivity contribution in [3.05, 3.63) is 203 Å². The lowest BCUT2D eigenvalue weighted by Gasteiger charge is -2.32. The van der Waals surface area contributed by atoms with Gasteiger partial charge in [0.05, 0.1) is 96.5 Å². The first-order valence-electron chi connectivity index (χ1n) is 36.8. The standard InChI is InChI=1S/C28H25N5O3.C23H17FN4O3.C17H14N4O3.C13H15BFNO2.C5H9NO/c1-15-8-18(28(34)33(2)3)12-31-25(15)24-10-23-27(36-24)19(6-7-30-23)16-4-5-22(17(9-16)11-29)32-26-20-13-35-14-21(20)26;1-28(2)23(29)15-9-19(30-3)21(27-12-15)20-10-18-22(31-20)16(6-7-26-18)13-4-5-17(24)14(8-13)11-25;1-21(2)17(22)11-6-13(23-3)15(20-9-11)14-7-12-16(24-14)10(8-18)4-5-19-12;1-12(2)13(3,4)18-14(17-12)10-5-6-11(15)9(7-10)8-16;6-5-3-1-7-2-4(3)5/h4-10,12,20-21,26,32H,13-14H2,1-3H3;4-10,12H,1-3H3;4-7,9H,1-3H3;5-7H,1-4H3;3-5H,1-2,6H2. The zero-order chi connectivity index (χ0) is 82.8. The van der Waals surface area contributed by atoms with Crippen molar-refractivity contribution >= 4 is 69.3 Å². The van der Waals surface area contributed by atoms with Crippen molar-refractivity contribution in [2.45, 2.75) is 57.9 Å². The lowest BCUT2D eigenvalue weighted by Crippen LogP contribution is -2.41. The number of furan rings is 3. The van der Waals surface area contributed by atoms with E-state index in [2.05, 4.69) is 47.4 Å². The molecule has 30 heteroatoms. The third-order valence-electron chi connectivity index (χ3n) is 21.0. The second kappa shape index (κ2) is 33.4. The average molecular weight is 1560 g/mol. The zero-order valence-corrected chi connectivity index (χ0v) is 65.8. The number of nitrogens with two attached hydrogens (primary N) is 1. The van der Waals surface area contributed by atoms with Crippen LogP contribution in [-0.4, -0.2) is 176 Å². The molecule has 9 aromatic heterocycles. The normalized spacial score (nSPS) is 17.9. The SMILES string of the molecule is CC1(C)OB(c2ccc(F)c(C#N)c2)OC1(C)C.COc1cc(C(=O)N(C)C)cnc1-c1cc2nccc(-c3ccc(F)c(C#N)c3)c2o1.COc1cc(C(=O)N(C)C)cnc1-c1cc2nccc(C#N)c2o1.Cc1cc(C(=O)N(C)C)cnc1-c1cc2nccc(-c3ccc(NC4C5COCC54)c(C#N)c3)c2o1.NC1C2COCC12. The van der Waals surface area contributed by atoms with E-state index in [0.717, 1.165) is 60.6 Å². The largest absolute Gasteiger partial charge is 0.494 e. The molecule has 3 saturated heterocycles. The fraction of sp³-hybridized carbons (Fsp3) is 0.291. The van der Waals surface area contributed by atoms with Gasteiger partial charge in [0.1, 0.15) is 81.0 Å². The van der Waals surface area contributed by atoms with Crippen LogP contribution in [0.1, 0.15) is 86.6 Å². The molecule has 17 rings (SSSR count). The molecule has 3 aliphatic heterocycles. The molecule has 4 atom stereocenters. The Hall–Kier alpha value is -13.3. The molecule has 2 aliphatic carbocycles. The van der Waals surface area contributed by atoms with Crippen molar-refractivity contribution in [3.8, 4) is 92.4 Å². The maximum Gasteiger partial charge on any atom is 0.494 e. The highest BCUT2D eigenvalue weighted by Crippen LogP contribution is 2.47. The molecule has 116 heavy (non-hydrogen) atoms. The van der Waals surface area contributed by atoms with Gasteiger partial charge in [-0.2, -0.15) is 21.0 Å². The molecule has 5 aliphatic rings. The second-order valence-corrected chi connectivity index (χ2v) is 29.8. The molecule has 0 spiro atoms. The Kier molecular flexibility index (Phi) is 23.2. The van der Waals surface area contributed by atoms with Crippen LogP contribution in [0.4, 0.5) is 14.5 Å². The summed E-state index contributed by atoms with van der Waals surface area (Å²) in [6, 6.07) is 38.9. The van der Waals surface area contributed by atoms with E-state index in [1.54, 1.807) is 116 Å². The van der Waals surface area contributed by atoms with E-state index in [9.17, 15) is 28.4 Å². The van der Waals surface area contributed by atoms with E-state index in [1.165, 1.54) is 65.6 Å². The lowest BCUT2D eigenvalue weighted by molar-refractivity contribution is 0.00578. The first-order chi connectivity index (χ1) is 55.6. The number of aromatic nitrogens is 6. The number of carbonyl (C=O) groups excluding carboxylic acids is 3. The van der Waals surface area contributed by atoms with E-state index in [0.29, 0.717) is 147 Å². The Labute approximate surface area is 666 Å². The number of nitrogens with zero attached hydrogens (tertiary/aromatic N) is 13. The van der Waals surface area contributed by atoms with Gasteiger partial charge < -0.3 is 67.3 Å². The highest BCUT2D eigenvalue weighted by Gasteiger charge is 2.55. The number of fused-ring (bicyclic) bond motifs is 5. The summed E-state index contributed by atoms with van der Waals surface area (Å²) < 4.78 is 78.1. The van der Waals surface area contributed by atoms with Crippen LogP contribution < -0.4 is 26.0 Å². The summed E-state index contributed by atoms with van der Waals surface area (Å²) in [6.45, 7) is 13.1. The van der Waals surface area contributed by atoms with E-state index in [-0.39, 0.29) is 28.8 Å². The predicted octanol–water partition coefficient (Wildman–Crippen LogP) is 12.8. The molecular formula is C86H80BF2N15O12.